The Morgan fingerprint density at radius 3 is 2.06 bits per heavy atom. The fraction of sp³-hybridized carbons (Fsp3) is 0.680. The van der Waals surface area contributed by atoms with E-state index in [4.69, 9.17) is 9.47 Å². The van der Waals surface area contributed by atoms with Crippen molar-refractivity contribution in [2.24, 2.45) is 23.2 Å². The van der Waals surface area contributed by atoms with Gasteiger partial charge in [0, 0.05) is 26.2 Å². The molecule has 2 aliphatic heterocycles. The Morgan fingerprint density at radius 1 is 0.839 bits per heavy atom. The van der Waals surface area contributed by atoms with Gasteiger partial charge >= 0.3 is 0 Å². The highest BCUT2D eigenvalue weighted by Crippen LogP contribution is 2.60. The first-order valence-corrected chi connectivity index (χ1v) is 12.0. The molecular weight excluding hydrogens is 392 g/mol. The summed E-state index contributed by atoms with van der Waals surface area (Å²) >= 11 is 0. The van der Waals surface area contributed by atoms with E-state index in [1.54, 1.807) is 0 Å². The van der Waals surface area contributed by atoms with Gasteiger partial charge < -0.3 is 19.3 Å². The minimum Gasteiger partial charge on any atom is -0.486 e. The molecule has 1 saturated heterocycles. The lowest BCUT2D eigenvalue weighted by atomic mass is 9.49. The quantitative estimate of drug-likeness (QED) is 0.749. The monoisotopic (exact) mass is 424 g/mol. The Hall–Kier alpha value is -2.24. The molecular formula is C25H32N2O4. The van der Waals surface area contributed by atoms with Gasteiger partial charge in [-0.2, -0.15) is 0 Å². The van der Waals surface area contributed by atoms with Crippen LogP contribution in [-0.4, -0.2) is 61.0 Å². The lowest BCUT2D eigenvalue weighted by Crippen LogP contribution is -2.58. The van der Waals surface area contributed by atoms with E-state index in [9.17, 15) is 9.59 Å². The van der Waals surface area contributed by atoms with Crippen LogP contribution in [0, 0.1) is 23.2 Å². The molecule has 6 nitrogen and oxygen atoms in total. The molecule has 2 heterocycles. The number of carbonyl (C=O) groups is 2. The molecule has 4 aliphatic carbocycles. The number of hydrogen-bond acceptors (Lipinski definition) is 4. The highest BCUT2D eigenvalue weighted by Gasteiger charge is 2.55. The molecule has 1 aromatic carbocycles. The average Bonchev–Trinajstić information content (AvgIpc) is 2.78. The number of hydrogen-bond donors (Lipinski definition) is 0. The fourth-order valence-electron chi connectivity index (χ4n) is 7.35. The normalized spacial score (nSPS) is 33.5. The number of amides is 2. The number of piperazine rings is 1. The zero-order valence-corrected chi connectivity index (χ0v) is 18.2. The smallest absolute Gasteiger partial charge is 0.228 e. The largest absolute Gasteiger partial charge is 0.486 e. The summed E-state index contributed by atoms with van der Waals surface area (Å²) in [5, 5.41) is 0. The number of rotatable bonds is 3. The minimum absolute atomic E-state index is 0.0773. The molecule has 2 amide bonds. The maximum absolute atomic E-state index is 13.6. The second-order valence-corrected chi connectivity index (χ2v) is 10.5. The van der Waals surface area contributed by atoms with Crippen molar-refractivity contribution in [1.29, 1.82) is 0 Å². The molecule has 166 valence electrons. The molecule has 0 radical (unpaired) electrons. The summed E-state index contributed by atoms with van der Waals surface area (Å²) < 4.78 is 11.2. The van der Waals surface area contributed by atoms with Crippen LogP contribution in [0.4, 0.5) is 0 Å². The maximum atomic E-state index is 13.6. The Morgan fingerprint density at radius 2 is 1.42 bits per heavy atom. The van der Waals surface area contributed by atoms with Crippen molar-refractivity contribution < 1.29 is 19.1 Å². The van der Waals surface area contributed by atoms with E-state index in [1.807, 2.05) is 23.1 Å². The number of fused-ring (bicyclic) bond motifs is 1. The van der Waals surface area contributed by atoms with Gasteiger partial charge in [0.2, 0.25) is 11.8 Å². The standard InChI is InChI=1S/C25H32N2O4/c28-23(13-17-1-2-21-22(12-17)31-8-7-30-21)26-3-5-27(6-4-26)24(29)25-14-18-9-19(15-25)11-20(10-18)16-25/h1-2,12,18-20H,3-11,13-16H2. The maximum Gasteiger partial charge on any atom is 0.228 e. The van der Waals surface area contributed by atoms with Crippen molar-refractivity contribution in [1.82, 2.24) is 9.80 Å². The first-order chi connectivity index (χ1) is 15.1. The zero-order chi connectivity index (χ0) is 21.0. The Balaban J connectivity index is 1.06. The molecule has 0 unspecified atom stereocenters. The number of nitrogens with zero attached hydrogens (tertiary/aromatic N) is 2. The molecule has 6 aliphatic rings. The van der Waals surface area contributed by atoms with Gasteiger partial charge in [-0.25, -0.2) is 0 Å². The molecule has 31 heavy (non-hydrogen) atoms. The van der Waals surface area contributed by atoms with E-state index in [-0.39, 0.29) is 11.3 Å². The predicted octanol–water partition coefficient (Wildman–Crippen LogP) is 2.89. The van der Waals surface area contributed by atoms with E-state index >= 15 is 0 Å². The predicted molar refractivity (Wildman–Crippen MR) is 115 cm³/mol. The van der Waals surface area contributed by atoms with Crippen molar-refractivity contribution in [2.45, 2.75) is 44.9 Å². The highest BCUT2D eigenvalue weighted by atomic mass is 16.6. The zero-order valence-electron chi connectivity index (χ0n) is 18.2. The minimum atomic E-state index is -0.0773. The number of ether oxygens (including phenoxy) is 2. The highest BCUT2D eigenvalue weighted by molar-refractivity contribution is 5.84. The number of carbonyl (C=O) groups excluding carboxylic acids is 2. The van der Waals surface area contributed by atoms with Crippen molar-refractivity contribution in [3.8, 4) is 11.5 Å². The van der Waals surface area contributed by atoms with Crippen LogP contribution in [0.3, 0.4) is 0 Å². The molecule has 1 aromatic rings. The summed E-state index contributed by atoms with van der Waals surface area (Å²) in [6.45, 7) is 3.74. The molecule has 5 fully saturated rings. The van der Waals surface area contributed by atoms with Gasteiger partial charge in [0.25, 0.3) is 0 Å². The van der Waals surface area contributed by atoms with Gasteiger partial charge in [-0.05, 0) is 74.0 Å². The van der Waals surface area contributed by atoms with Gasteiger partial charge in [-0.3, -0.25) is 9.59 Å². The van der Waals surface area contributed by atoms with Gasteiger partial charge in [-0.1, -0.05) is 6.07 Å². The molecule has 6 heteroatoms. The molecule has 4 bridgehead atoms. The van der Waals surface area contributed by atoms with Crippen molar-refractivity contribution in [3.63, 3.8) is 0 Å². The SMILES string of the molecule is O=C(Cc1ccc2c(c1)OCCO2)N1CCN(C(=O)C23CC4CC(CC(C4)C2)C3)CC1. The van der Waals surface area contributed by atoms with Gasteiger partial charge in [0.15, 0.2) is 11.5 Å². The van der Waals surface area contributed by atoms with Gasteiger partial charge in [-0.15, -0.1) is 0 Å². The summed E-state index contributed by atoms with van der Waals surface area (Å²) in [6, 6.07) is 5.75. The van der Waals surface area contributed by atoms with Crippen LogP contribution in [-0.2, 0) is 16.0 Å². The summed E-state index contributed by atoms with van der Waals surface area (Å²) in [5.74, 6) is 4.34. The first-order valence-electron chi connectivity index (χ1n) is 12.0. The molecule has 0 spiro atoms. The summed E-state index contributed by atoms with van der Waals surface area (Å²) in [7, 11) is 0. The van der Waals surface area contributed by atoms with E-state index < -0.39 is 0 Å². The van der Waals surface area contributed by atoms with E-state index in [0.717, 1.165) is 54.1 Å². The van der Waals surface area contributed by atoms with Crippen LogP contribution in [0.2, 0.25) is 0 Å². The number of benzene rings is 1. The van der Waals surface area contributed by atoms with E-state index in [2.05, 4.69) is 4.90 Å². The average molecular weight is 425 g/mol. The Labute approximate surface area is 183 Å². The van der Waals surface area contributed by atoms with Crippen molar-refractivity contribution >= 4 is 11.8 Å². The summed E-state index contributed by atoms with van der Waals surface area (Å²) in [6.07, 6.45) is 7.76. The van der Waals surface area contributed by atoms with Gasteiger partial charge in [0.05, 0.1) is 11.8 Å². The van der Waals surface area contributed by atoms with Crippen LogP contribution in [0.25, 0.3) is 0 Å². The van der Waals surface area contributed by atoms with Crippen LogP contribution in [0.15, 0.2) is 18.2 Å². The summed E-state index contributed by atoms with van der Waals surface area (Å²) in [4.78, 5) is 30.4. The van der Waals surface area contributed by atoms with E-state index in [0.29, 0.717) is 51.7 Å². The van der Waals surface area contributed by atoms with Crippen molar-refractivity contribution in [2.75, 3.05) is 39.4 Å². The third-order valence-electron chi connectivity index (χ3n) is 8.37. The third-order valence-corrected chi connectivity index (χ3v) is 8.37. The van der Waals surface area contributed by atoms with E-state index in [1.165, 1.54) is 19.3 Å². The molecule has 0 atom stereocenters. The third kappa shape index (κ3) is 3.48. The Bertz CT molecular complexity index is 854. The van der Waals surface area contributed by atoms with Crippen LogP contribution in [0.5, 0.6) is 11.5 Å². The molecule has 7 rings (SSSR count). The van der Waals surface area contributed by atoms with Crippen LogP contribution in [0.1, 0.15) is 44.1 Å². The topological polar surface area (TPSA) is 59.1 Å². The molecule has 0 aromatic heterocycles. The van der Waals surface area contributed by atoms with Crippen molar-refractivity contribution in [3.05, 3.63) is 23.8 Å². The second-order valence-electron chi connectivity index (χ2n) is 10.5. The van der Waals surface area contributed by atoms with Crippen LogP contribution >= 0.6 is 0 Å². The summed E-state index contributed by atoms with van der Waals surface area (Å²) in [5.41, 5.74) is 0.868. The van der Waals surface area contributed by atoms with Gasteiger partial charge in [0.1, 0.15) is 13.2 Å². The lowest BCUT2D eigenvalue weighted by molar-refractivity contribution is -0.160. The lowest BCUT2D eigenvalue weighted by Gasteiger charge is -2.57. The second kappa shape index (κ2) is 7.42. The Kier molecular flexibility index (Phi) is 4.65. The molecule has 0 N–H and O–H groups in total. The first kappa shape index (κ1) is 19.4. The van der Waals surface area contributed by atoms with Crippen LogP contribution < -0.4 is 9.47 Å². The fourth-order valence-corrected chi connectivity index (χ4v) is 7.35. The molecule has 4 saturated carbocycles.